The Kier molecular flexibility index (Phi) is 5.49. The molecule has 2 atom stereocenters. The van der Waals surface area contributed by atoms with Crippen LogP contribution in [0, 0.1) is 0 Å². The molecule has 0 radical (unpaired) electrons. The van der Waals surface area contributed by atoms with Gasteiger partial charge in [0.1, 0.15) is 6.04 Å². The van der Waals surface area contributed by atoms with Crippen LogP contribution in [-0.2, 0) is 22.0 Å². The van der Waals surface area contributed by atoms with Gasteiger partial charge in [0.25, 0.3) is 0 Å². The summed E-state index contributed by atoms with van der Waals surface area (Å²) in [6.45, 7) is 0. The lowest BCUT2D eigenvalue weighted by Crippen LogP contribution is -2.35. The van der Waals surface area contributed by atoms with Gasteiger partial charge in [0.2, 0.25) is 0 Å². The molecule has 1 aromatic rings. The second-order valence-corrected chi connectivity index (χ2v) is 6.83. The monoisotopic (exact) mass is 321 g/mol. The molecule has 0 fully saturated rings. The third-order valence-electron chi connectivity index (χ3n) is 3.67. The van der Waals surface area contributed by atoms with E-state index >= 15 is 0 Å². The smallest absolute Gasteiger partial charge is 0.326 e. The van der Waals surface area contributed by atoms with Crippen molar-refractivity contribution in [2.24, 2.45) is 0 Å². The van der Waals surface area contributed by atoms with E-state index in [0.717, 1.165) is 12.0 Å². The van der Waals surface area contributed by atoms with E-state index in [9.17, 15) is 13.8 Å². The zero-order chi connectivity index (χ0) is 16.1. The van der Waals surface area contributed by atoms with E-state index < -0.39 is 22.8 Å². The summed E-state index contributed by atoms with van der Waals surface area (Å²) in [6.07, 6.45) is 4.67. The maximum absolute atomic E-state index is 12.4. The normalized spacial score (nSPS) is 18.6. The molecule has 0 saturated carbocycles. The second kappa shape index (κ2) is 7.35. The Morgan fingerprint density at radius 3 is 2.82 bits per heavy atom. The molecular weight excluding hydrogens is 302 g/mol. The van der Waals surface area contributed by atoms with Crippen molar-refractivity contribution in [3.05, 3.63) is 47.2 Å². The fourth-order valence-corrected chi connectivity index (χ4v) is 2.98. The number of Topliss-reactive ketones (excluding diaryl/α,β-unsaturated/α-hetero) is 1. The van der Waals surface area contributed by atoms with Gasteiger partial charge in [-0.1, -0.05) is 24.3 Å². The van der Waals surface area contributed by atoms with E-state index in [1.165, 1.54) is 6.20 Å². The fourth-order valence-electron chi connectivity index (χ4n) is 2.42. The van der Waals surface area contributed by atoms with E-state index in [0.29, 0.717) is 23.3 Å². The summed E-state index contributed by atoms with van der Waals surface area (Å²) >= 11 is 0. The number of nitrogens with one attached hydrogen (secondary N) is 1. The van der Waals surface area contributed by atoms with Gasteiger partial charge >= 0.3 is 5.97 Å². The Hall–Kier alpha value is -1.95. The first-order valence-electron chi connectivity index (χ1n) is 7.09. The van der Waals surface area contributed by atoms with E-state index in [1.54, 1.807) is 12.3 Å². The lowest BCUT2D eigenvalue weighted by atomic mass is 9.87. The molecule has 6 heteroatoms. The van der Waals surface area contributed by atoms with Crippen LogP contribution in [-0.4, -0.2) is 39.1 Å². The summed E-state index contributed by atoms with van der Waals surface area (Å²) < 4.78 is 11.1. The lowest BCUT2D eigenvalue weighted by molar-refractivity contribution is -0.139. The van der Waals surface area contributed by atoms with Crippen LogP contribution in [0.2, 0.25) is 0 Å². The van der Waals surface area contributed by atoms with Crippen molar-refractivity contribution in [3.63, 3.8) is 0 Å². The number of aryl methyl sites for hydroxylation is 1. The number of ketones is 1. The quantitative estimate of drug-likeness (QED) is 0.776. The van der Waals surface area contributed by atoms with Gasteiger partial charge in [-0.3, -0.25) is 9.00 Å². The first kappa shape index (κ1) is 16.4. The number of fused-ring (bicyclic) bond motifs is 1. The molecule has 2 N–H and O–H groups in total. The zero-order valence-corrected chi connectivity index (χ0v) is 13.2. The number of rotatable bonds is 6. The SMILES string of the molecule is CS(=O)CC[C@@H](N/C=C1/CCc2ccccc2C1=O)C(=O)O. The summed E-state index contributed by atoms with van der Waals surface area (Å²) in [7, 11) is -1.04. The Balaban J connectivity index is 2.08. The van der Waals surface area contributed by atoms with Gasteiger partial charge in [0.05, 0.1) is 0 Å². The largest absolute Gasteiger partial charge is 0.480 e. The minimum Gasteiger partial charge on any atom is -0.480 e. The van der Waals surface area contributed by atoms with Gasteiger partial charge in [0, 0.05) is 40.1 Å². The van der Waals surface area contributed by atoms with Crippen molar-refractivity contribution in [1.82, 2.24) is 5.32 Å². The van der Waals surface area contributed by atoms with E-state index in [4.69, 9.17) is 5.11 Å². The van der Waals surface area contributed by atoms with Gasteiger partial charge < -0.3 is 10.4 Å². The summed E-state index contributed by atoms with van der Waals surface area (Å²) in [6, 6.07) is 6.63. The van der Waals surface area contributed by atoms with E-state index in [1.807, 2.05) is 18.2 Å². The molecule has 1 aliphatic rings. The van der Waals surface area contributed by atoms with Gasteiger partial charge in [-0.2, -0.15) is 0 Å². The number of allylic oxidation sites excluding steroid dienone is 1. The fraction of sp³-hybridized carbons (Fsp3) is 0.375. The van der Waals surface area contributed by atoms with Crippen molar-refractivity contribution in [1.29, 1.82) is 0 Å². The lowest BCUT2D eigenvalue weighted by Gasteiger charge is -2.18. The minimum atomic E-state index is -1.04. The molecule has 22 heavy (non-hydrogen) atoms. The van der Waals surface area contributed by atoms with Crippen LogP contribution in [0.4, 0.5) is 0 Å². The van der Waals surface area contributed by atoms with Crippen molar-refractivity contribution >= 4 is 22.6 Å². The highest BCUT2D eigenvalue weighted by Gasteiger charge is 2.22. The third-order valence-corrected chi connectivity index (χ3v) is 4.48. The summed E-state index contributed by atoms with van der Waals surface area (Å²) in [5.41, 5.74) is 2.30. The maximum atomic E-state index is 12.4. The summed E-state index contributed by atoms with van der Waals surface area (Å²) in [4.78, 5) is 23.5. The van der Waals surface area contributed by atoms with Crippen LogP contribution in [0.1, 0.15) is 28.8 Å². The average Bonchev–Trinajstić information content (AvgIpc) is 2.48. The molecule has 118 valence electrons. The Bertz CT molecular complexity index is 639. The number of aliphatic carboxylic acids is 1. The second-order valence-electron chi connectivity index (χ2n) is 5.28. The van der Waals surface area contributed by atoms with Crippen LogP contribution in [0.3, 0.4) is 0 Å². The minimum absolute atomic E-state index is 0.0578. The number of carboxylic acids is 1. The maximum Gasteiger partial charge on any atom is 0.326 e. The third kappa shape index (κ3) is 4.04. The van der Waals surface area contributed by atoms with Crippen molar-refractivity contribution in [3.8, 4) is 0 Å². The van der Waals surface area contributed by atoms with Crippen LogP contribution in [0.15, 0.2) is 36.0 Å². The van der Waals surface area contributed by atoms with Crippen LogP contribution >= 0.6 is 0 Å². The summed E-state index contributed by atoms with van der Waals surface area (Å²) in [5, 5.41) is 12.0. The van der Waals surface area contributed by atoms with Crippen LogP contribution < -0.4 is 5.32 Å². The number of carbonyl (C=O) groups excluding carboxylic acids is 1. The Labute approximate surface area is 131 Å². The first-order chi connectivity index (χ1) is 10.5. The van der Waals surface area contributed by atoms with Gasteiger partial charge in [-0.25, -0.2) is 4.79 Å². The highest BCUT2D eigenvalue weighted by atomic mass is 32.2. The predicted octanol–water partition coefficient (Wildman–Crippen LogP) is 1.51. The van der Waals surface area contributed by atoms with Gasteiger partial charge in [0.15, 0.2) is 5.78 Å². The molecule has 5 nitrogen and oxygen atoms in total. The molecule has 2 rings (SSSR count). The Morgan fingerprint density at radius 2 is 2.14 bits per heavy atom. The van der Waals surface area contributed by atoms with E-state index in [2.05, 4.69) is 5.32 Å². The van der Waals surface area contributed by atoms with Crippen molar-refractivity contribution in [2.45, 2.75) is 25.3 Å². The van der Waals surface area contributed by atoms with Crippen molar-refractivity contribution in [2.75, 3.05) is 12.0 Å². The number of hydrogen-bond donors (Lipinski definition) is 2. The average molecular weight is 321 g/mol. The molecule has 0 aliphatic heterocycles. The number of benzene rings is 1. The predicted molar refractivity (Wildman–Crippen MR) is 85.3 cm³/mol. The highest BCUT2D eigenvalue weighted by molar-refractivity contribution is 7.84. The molecule has 0 amide bonds. The van der Waals surface area contributed by atoms with Crippen LogP contribution in [0.5, 0.6) is 0 Å². The zero-order valence-electron chi connectivity index (χ0n) is 12.4. The molecule has 0 aromatic heterocycles. The number of hydrogen-bond acceptors (Lipinski definition) is 4. The Morgan fingerprint density at radius 1 is 1.41 bits per heavy atom. The number of carboxylic acid groups (broad SMARTS) is 1. The van der Waals surface area contributed by atoms with E-state index in [-0.39, 0.29) is 12.2 Å². The molecule has 1 unspecified atom stereocenters. The van der Waals surface area contributed by atoms with Gasteiger partial charge in [-0.05, 0) is 24.8 Å². The molecule has 1 aromatic carbocycles. The first-order valence-corrected chi connectivity index (χ1v) is 8.82. The summed E-state index contributed by atoms with van der Waals surface area (Å²) in [5.74, 6) is -0.757. The molecule has 1 aliphatic carbocycles. The molecule has 0 saturated heterocycles. The van der Waals surface area contributed by atoms with Gasteiger partial charge in [-0.15, -0.1) is 0 Å². The molecule has 0 spiro atoms. The standard InChI is InChI=1S/C16H19NO4S/c1-22(21)9-8-14(16(19)20)17-10-12-7-6-11-4-2-3-5-13(11)15(12)18/h2-5,10,14,17H,6-9H2,1H3,(H,19,20)/b12-10-/t14-,22?/m1/s1. The molecule has 0 bridgehead atoms. The van der Waals surface area contributed by atoms with Crippen molar-refractivity contribution < 1.29 is 18.9 Å². The highest BCUT2D eigenvalue weighted by Crippen LogP contribution is 2.24. The van der Waals surface area contributed by atoms with Crippen LogP contribution in [0.25, 0.3) is 0 Å². The topological polar surface area (TPSA) is 83.5 Å². The number of carbonyl (C=O) groups is 2. The molecule has 0 heterocycles. The molecular formula is C16H19NO4S.